The average molecular weight is 598 g/mol. The van der Waals surface area contributed by atoms with Gasteiger partial charge < -0.3 is 24.5 Å². The summed E-state index contributed by atoms with van der Waals surface area (Å²) in [5.74, 6) is -2.16. The molecule has 1 fully saturated rings. The maximum atomic E-state index is 13.3. The third kappa shape index (κ3) is 9.83. The van der Waals surface area contributed by atoms with Gasteiger partial charge in [0.25, 0.3) is 5.91 Å². The fourth-order valence-electron chi connectivity index (χ4n) is 5.03. The van der Waals surface area contributed by atoms with E-state index in [1.165, 1.54) is 17.1 Å². The normalized spacial score (nSPS) is 28.2. The Kier molecular flexibility index (Phi) is 11.5. The summed E-state index contributed by atoms with van der Waals surface area (Å²) in [4.78, 5) is 44.2. The van der Waals surface area contributed by atoms with Crippen molar-refractivity contribution >= 4 is 17.8 Å². The number of oxazole rings is 1. The first kappa shape index (κ1) is 33.1. The minimum absolute atomic E-state index is 0.0882. The van der Waals surface area contributed by atoms with Gasteiger partial charge in [0.1, 0.15) is 18.4 Å². The van der Waals surface area contributed by atoms with Crippen LogP contribution in [0, 0.1) is 11.8 Å². The monoisotopic (exact) mass is 597 g/mol. The van der Waals surface area contributed by atoms with Crippen LogP contribution in [-0.4, -0.2) is 76.6 Å². The Hall–Kier alpha value is -3.45. The molecule has 10 nitrogen and oxygen atoms in total. The van der Waals surface area contributed by atoms with E-state index in [1.54, 1.807) is 25.2 Å². The number of rotatable bonds is 2. The van der Waals surface area contributed by atoms with Crippen molar-refractivity contribution < 1.29 is 46.6 Å². The molecule has 1 aromatic heterocycles. The number of ether oxygens (including phenoxy) is 2. The van der Waals surface area contributed by atoms with Crippen LogP contribution in [-0.2, 0) is 25.5 Å². The van der Waals surface area contributed by atoms with Gasteiger partial charge in [-0.15, -0.1) is 13.2 Å². The lowest BCUT2D eigenvalue weighted by Crippen LogP contribution is -2.44. The van der Waals surface area contributed by atoms with E-state index >= 15 is 0 Å². The number of nitrogens with one attached hydrogen (secondary N) is 1. The molecule has 13 heteroatoms. The average Bonchev–Trinajstić information content (AvgIpc) is 3.56. The topological polar surface area (TPSA) is 131 Å². The number of amides is 2. The van der Waals surface area contributed by atoms with Crippen molar-refractivity contribution in [3.05, 3.63) is 53.8 Å². The number of carbonyl (C=O) groups excluding carboxylic acids is 3. The second-order valence-corrected chi connectivity index (χ2v) is 10.9. The van der Waals surface area contributed by atoms with Gasteiger partial charge in [-0.2, -0.15) is 0 Å². The lowest BCUT2D eigenvalue weighted by molar-refractivity contribution is -0.344. The van der Waals surface area contributed by atoms with Crippen LogP contribution in [0.25, 0.3) is 0 Å². The van der Waals surface area contributed by atoms with Gasteiger partial charge in [0.05, 0.1) is 18.6 Å². The Morgan fingerprint density at radius 3 is 2.64 bits per heavy atom. The van der Waals surface area contributed by atoms with Crippen LogP contribution in [0.3, 0.4) is 0 Å². The summed E-state index contributed by atoms with van der Waals surface area (Å²) >= 11 is 0. The molecule has 2 aliphatic heterocycles. The van der Waals surface area contributed by atoms with Crippen molar-refractivity contribution in [2.24, 2.45) is 11.8 Å². The van der Waals surface area contributed by atoms with Crippen LogP contribution in [0.4, 0.5) is 13.2 Å². The van der Waals surface area contributed by atoms with Crippen LogP contribution < -0.4 is 5.32 Å². The minimum Gasteiger partial charge on any atom is -0.460 e. The molecule has 0 saturated carbocycles. The Bertz CT molecular complexity index is 1190. The highest BCUT2D eigenvalue weighted by Crippen LogP contribution is 2.27. The Labute approximate surface area is 242 Å². The van der Waals surface area contributed by atoms with Crippen molar-refractivity contribution in [1.29, 1.82) is 0 Å². The SMILES string of the molecule is CC1=C[C@@H](O)C[C@@H](OC(F)(F)F)Cc2nc(co2)C(=O)N2CCC[C@@H]2C(=O)O[C@H](C(C)C)[C@H](C)/C=C/C(=O)NCC=C1. The maximum absolute atomic E-state index is 13.3. The largest absolute Gasteiger partial charge is 0.522 e. The zero-order valence-electron chi connectivity index (χ0n) is 24.1. The van der Waals surface area contributed by atoms with E-state index in [0.717, 1.165) is 6.26 Å². The standard InChI is InChI=1S/C29H38F3N3O7/c1-17(2)26-19(4)9-10-24(37)33-11-5-7-18(3)13-20(36)14-21(42-29(30,31)32)15-25-34-22(16-40-25)27(38)35-12-6-8-23(35)28(39)41-26/h5,7,9-10,13,16-17,19-21,23,26,36H,6,8,11-12,14-15H2,1-4H3,(H,33,37)/b7-5?,10-9+,18-13?/t19-,20-,21-,23-,26-/m1/s1. The number of aromatic nitrogens is 1. The third-order valence-electron chi connectivity index (χ3n) is 6.97. The van der Waals surface area contributed by atoms with Crippen LogP contribution in [0.15, 0.2) is 46.6 Å². The van der Waals surface area contributed by atoms with E-state index in [-0.39, 0.29) is 42.4 Å². The molecule has 1 saturated heterocycles. The van der Waals surface area contributed by atoms with Crippen molar-refractivity contribution in [3.8, 4) is 0 Å². The lowest BCUT2D eigenvalue weighted by Gasteiger charge is -2.29. The molecule has 5 atom stereocenters. The fourth-order valence-corrected chi connectivity index (χ4v) is 5.03. The second kappa shape index (κ2) is 14.6. The van der Waals surface area contributed by atoms with Gasteiger partial charge in [-0.3, -0.25) is 14.3 Å². The molecule has 2 bridgehead atoms. The number of alkyl halides is 3. The number of nitrogens with zero attached hydrogens (tertiary/aromatic N) is 2. The number of allylic oxidation sites excluding steroid dienone is 2. The zero-order valence-corrected chi connectivity index (χ0v) is 24.1. The van der Waals surface area contributed by atoms with Crippen LogP contribution in [0.5, 0.6) is 0 Å². The molecule has 3 rings (SSSR count). The predicted molar refractivity (Wildman–Crippen MR) is 145 cm³/mol. The Morgan fingerprint density at radius 2 is 1.95 bits per heavy atom. The molecular weight excluding hydrogens is 559 g/mol. The molecule has 3 heterocycles. The number of carbonyl (C=O) groups is 3. The maximum Gasteiger partial charge on any atom is 0.522 e. The second-order valence-electron chi connectivity index (χ2n) is 10.9. The molecular formula is C29H38F3N3O7. The van der Waals surface area contributed by atoms with E-state index in [2.05, 4.69) is 15.0 Å². The molecule has 1 aromatic rings. The van der Waals surface area contributed by atoms with Crippen molar-refractivity contribution in [2.75, 3.05) is 13.1 Å². The summed E-state index contributed by atoms with van der Waals surface area (Å²) in [6, 6.07) is -0.877. The van der Waals surface area contributed by atoms with Gasteiger partial charge in [-0.25, -0.2) is 9.78 Å². The highest BCUT2D eigenvalue weighted by atomic mass is 19.4. The van der Waals surface area contributed by atoms with Gasteiger partial charge in [-0.05, 0) is 31.8 Å². The van der Waals surface area contributed by atoms with Crippen molar-refractivity contribution in [3.63, 3.8) is 0 Å². The first-order valence-corrected chi connectivity index (χ1v) is 13.9. The smallest absolute Gasteiger partial charge is 0.460 e. The molecule has 0 spiro atoms. The number of esters is 1. The molecule has 0 unspecified atom stereocenters. The number of fused-ring (bicyclic) bond motifs is 3. The number of aliphatic hydroxyl groups excluding tert-OH is 1. The predicted octanol–water partition coefficient (Wildman–Crippen LogP) is 3.87. The number of cyclic esters (lactones) is 1. The summed E-state index contributed by atoms with van der Waals surface area (Å²) in [6.07, 6.45) is 0.231. The molecule has 0 aromatic carbocycles. The number of hydrogen-bond acceptors (Lipinski definition) is 8. The molecule has 0 aliphatic carbocycles. The first-order chi connectivity index (χ1) is 19.7. The third-order valence-corrected chi connectivity index (χ3v) is 6.97. The van der Waals surface area contributed by atoms with Gasteiger partial charge in [0.2, 0.25) is 5.91 Å². The molecule has 2 N–H and O–H groups in total. The van der Waals surface area contributed by atoms with Gasteiger partial charge >= 0.3 is 12.3 Å². The minimum atomic E-state index is -4.99. The van der Waals surface area contributed by atoms with Crippen LogP contribution in [0.2, 0.25) is 0 Å². The molecule has 2 aliphatic rings. The van der Waals surface area contributed by atoms with E-state index in [1.807, 2.05) is 20.8 Å². The quantitative estimate of drug-likeness (QED) is 0.492. The molecule has 42 heavy (non-hydrogen) atoms. The molecule has 0 radical (unpaired) electrons. The lowest BCUT2D eigenvalue weighted by atomic mass is 9.94. The van der Waals surface area contributed by atoms with Crippen LogP contribution >= 0.6 is 0 Å². The van der Waals surface area contributed by atoms with E-state index in [0.29, 0.717) is 18.4 Å². The Morgan fingerprint density at radius 1 is 1.21 bits per heavy atom. The number of halogens is 3. The summed E-state index contributed by atoms with van der Waals surface area (Å²) < 4.78 is 54.7. The molecule has 232 valence electrons. The Balaban J connectivity index is 1.91. The van der Waals surface area contributed by atoms with Gasteiger partial charge in [0, 0.05) is 25.4 Å². The molecule has 2 amide bonds. The summed E-state index contributed by atoms with van der Waals surface area (Å²) in [6.45, 7) is 7.67. The number of hydrogen-bond donors (Lipinski definition) is 2. The fraction of sp³-hybridized carbons (Fsp3) is 0.586. The first-order valence-electron chi connectivity index (χ1n) is 13.9. The van der Waals surface area contributed by atoms with Crippen LogP contribution in [0.1, 0.15) is 63.3 Å². The summed E-state index contributed by atoms with van der Waals surface area (Å²) in [7, 11) is 0. The van der Waals surface area contributed by atoms with Crippen molar-refractivity contribution in [1.82, 2.24) is 15.2 Å². The van der Waals surface area contributed by atoms with Gasteiger partial charge in [0.15, 0.2) is 11.6 Å². The summed E-state index contributed by atoms with van der Waals surface area (Å²) in [5, 5.41) is 13.1. The highest BCUT2D eigenvalue weighted by Gasteiger charge is 2.39. The summed E-state index contributed by atoms with van der Waals surface area (Å²) in [5.41, 5.74) is 0.383. The number of aliphatic hydroxyl groups is 1. The van der Waals surface area contributed by atoms with Crippen molar-refractivity contribution in [2.45, 2.75) is 84.1 Å². The highest BCUT2D eigenvalue weighted by molar-refractivity contribution is 5.95. The van der Waals surface area contributed by atoms with Gasteiger partial charge in [-0.1, -0.05) is 50.6 Å². The van der Waals surface area contributed by atoms with E-state index in [4.69, 9.17) is 9.15 Å². The van der Waals surface area contributed by atoms with E-state index in [9.17, 15) is 32.7 Å². The zero-order chi connectivity index (χ0) is 31.0. The van der Waals surface area contributed by atoms with E-state index < -0.39 is 55.4 Å².